The number of pyridine rings is 2. The molecule has 0 unspecified atom stereocenters. The van der Waals surface area contributed by atoms with Crippen LogP contribution in [0.25, 0.3) is 21.8 Å². The highest BCUT2D eigenvalue weighted by atomic mass is 35.5. The predicted octanol–water partition coefficient (Wildman–Crippen LogP) is 3.72. The molecular weight excluding hydrogens is 395 g/mol. The van der Waals surface area contributed by atoms with E-state index in [-0.39, 0.29) is 17.0 Å². The number of halogens is 2. The van der Waals surface area contributed by atoms with Crippen molar-refractivity contribution in [1.82, 2.24) is 24.6 Å². The van der Waals surface area contributed by atoms with Crippen molar-refractivity contribution in [1.29, 1.82) is 0 Å². The monoisotopic (exact) mass is 412 g/mol. The quantitative estimate of drug-likeness (QED) is 0.553. The van der Waals surface area contributed by atoms with Crippen molar-refractivity contribution in [2.45, 2.75) is 13.0 Å². The van der Waals surface area contributed by atoms with Crippen LogP contribution in [0.3, 0.4) is 0 Å². The summed E-state index contributed by atoms with van der Waals surface area (Å²) in [6, 6.07) is 5.82. The van der Waals surface area contributed by atoms with E-state index in [1.54, 1.807) is 43.2 Å². The molecule has 0 aliphatic heterocycles. The third-order valence-corrected chi connectivity index (χ3v) is 5.42. The molecule has 29 heavy (non-hydrogen) atoms. The first kappa shape index (κ1) is 19.1. The van der Waals surface area contributed by atoms with Gasteiger partial charge < -0.3 is 10.6 Å². The fraction of sp³-hybridized carbons (Fsp3) is 0.200. The number of aromatic nitrogens is 4. The fourth-order valence-electron chi connectivity index (χ4n) is 3.34. The van der Waals surface area contributed by atoms with Crippen molar-refractivity contribution in [3.05, 3.63) is 58.8 Å². The van der Waals surface area contributed by atoms with Gasteiger partial charge in [0.1, 0.15) is 11.6 Å². The van der Waals surface area contributed by atoms with E-state index in [0.29, 0.717) is 28.0 Å². The first-order chi connectivity index (χ1) is 13.8. The van der Waals surface area contributed by atoms with Crippen molar-refractivity contribution in [3.63, 3.8) is 0 Å². The summed E-state index contributed by atoms with van der Waals surface area (Å²) in [6.45, 7) is 1.81. The number of nitrogen functional groups attached to an aromatic ring is 1. The summed E-state index contributed by atoms with van der Waals surface area (Å²) < 4.78 is 14.8. The van der Waals surface area contributed by atoms with Gasteiger partial charge in [0.2, 0.25) is 0 Å². The maximum absolute atomic E-state index is 13.2. The van der Waals surface area contributed by atoms with Gasteiger partial charge in [0.25, 0.3) is 5.91 Å². The number of aryl methyl sites for hydroxylation is 1. The Bertz CT molecular complexity index is 1250. The number of hydrogen-bond acceptors (Lipinski definition) is 5. The highest BCUT2D eigenvalue weighted by molar-refractivity contribution is 6.35. The van der Waals surface area contributed by atoms with E-state index in [0.717, 1.165) is 17.1 Å². The van der Waals surface area contributed by atoms with E-state index >= 15 is 0 Å². The van der Waals surface area contributed by atoms with Crippen molar-refractivity contribution in [3.8, 4) is 0 Å². The molecule has 0 bridgehead atoms. The maximum atomic E-state index is 13.2. The van der Waals surface area contributed by atoms with Gasteiger partial charge in [-0.15, -0.1) is 0 Å². The summed E-state index contributed by atoms with van der Waals surface area (Å²) in [4.78, 5) is 23.2. The largest absolute Gasteiger partial charge is 0.383 e. The Morgan fingerprint density at radius 1 is 1.28 bits per heavy atom. The molecule has 1 amide bonds. The van der Waals surface area contributed by atoms with Crippen LogP contribution in [0.4, 0.5) is 10.2 Å². The molecule has 0 radical (unpaired) electrons. The van der Waals surface area contributed by atoms with E-state index in [1.165, 1.54) is 11.0 Å². The number of fused-ring (bicyclic) bond motifs is 3. The molecule has 0 saturated carbocycles. The van der Waals surface area contributed by atoms with Gasteiger partial charge in [-0.2, -0.15) is 5.10 Å². The highest BCUT2D eigenvalue weighted by Crippen LogP contribution is 2.32. The van der Waals surface area contributed by atoms with Gasteiger partial charge in [0.05, 0.1) is 51.1 Å². The Morgan fingerprint density at radius 3 is 2.72 bits per heavy atom. The normalized spacial score (nSPS) is 12.4. The van der Waals surface area contributed by atoms with E-state index in [9.17, 15) is 9.18 Å². The number of carbonyl (C=O) groups is 1. The molecule has 0 spiro atoms. The molecular formula is C20H18ClFN6O. The van der Waals surface area contributed by atoms with Gasteiger partial charge in [-0.3, -0.25) is 14.5 Å². The second kappa shape index (κ2) is 6.97. The predicted molar refractivity (Wildman–Crippen MR) is 110 cm³/mol. The number of carbonyl (C=O) groups excluding carboxylic acids is 1. The molecule has 1 aromatic carbocycles. The zero-order valence-electron chi connectivity index (χ0n) is 16.0. The molecule has 2 N–H and O–H groups in total. The molecule has 0 saturated heterocycles. The molecule has 1 atom stereocenters. The Labute approximate surface area is 170 Å². The topological polar surface area (TPSA) is 89.9 Å². The van der Waals surface area contributed by atoms with Gasteiger partial charge in [-0.25, -0.2) is 9.37 Å². The number of rotatable bonds is 3. The third-order valence-electron chi connectivity index (χ3n) is 5.11. The van der Waals surface area contributed by atoms with E-state index < -0.39 is 5.82 Å². The van der Waals surface area contributed by atoms with Crippen LogP contribution in [-0.2, 0) is 7.05 Å². The number of anilines is 1. The minimum atomic E-state index is -0.431. The molecule has 3 aromatic heterocycles. The second-order valence-electron chi connectivity index (χ2n) is 6.87. The lowest BCUT2D eigenvalue weighted by Gasteiger charge is -2.25. The molecule has 148 valence electrons. The Kier molecular flexibility index (Phi) is 4.58. The summed E-state index contributed by atoms with van der Waals surface area (Å²) >= 11 is 6.41. The summed E-state index contributed by atoms with van der Waals surface area (Å²) in [5, 5.41) is 5.94. The molecule has 0 fully saturated rings. The van der Waals surface area contributed by atoms with Gasteiger partial charge in [0.15, 0.2) is 0 Å². The zero-order valence-corrected chi connectivity index (χ0v) is 16.8. The van der Waals surface area contributed by atoms with Crippen molar-refractivity contribution in [2.24, 2.45) is 7.05 Å². The highest BCUT2D eigenvalue weighted by Gasteiger charge is 2.23. The van der Waals surface area contributed by atoms with Crippen LogP contribution in [0.1, 0.15) is 29.0 Å². The first-order valence-corrected chi connectivity index (χ1v) is 9.24. The SMILES string of the molecule is C[C@@H](c1ccc(F)cn1)N(C)C(=O)c1cc2c(cc1Cl)nc(N)c1cnn(C)c12. The van der Waals surface area contributed by atoms with E-state index in [4.69, 9.17) is 17.3 Å². The summed E-state index contributed by atoms with van der Waals surface area (Å²) in [6.07, 6.45) is 2.77. The smallest absolute Gasteiger partial charge is 0.255 e. The summed E-state index contributed by atoms with van der Waals surface area (Å²) in [5.41, 5.74) is 8.28. The molecule has 7 nitrogen and oxygen atoms in total. The Hall–Kier alpha value is -3.26. The molecule has 0 aliphatic carbocycles. The van der Waals surface area contributed by atoms with Gasteiger partial charge in [-0.05, 0) is 31.2 Å². The van der Waals surface area contributed by atoms with E-state index in [1.807, 2.05) is 6.92 Å². The Balaban J connectivity index is 1.80. The lowest BCUT2D eigenvalue weighted by molar-refractivity contribution is 0.0740. The lowest BCUT2D eigenvalue weighted by atomic mass is 10.1. The van der Waals surface area contributed by atoms with Crippen LogP contribution >= 0.6 is 11.6 Å². The van der Waals surface area contributed by atoms with Crippen molar-refractivity contribution >= 4 is 45.1 Å². The number of nitrogens with two attached hydrogens (primary N) is 1. The fourth-order valence-corrected chi connectivity index (χ4v) is 3.58. The standard InChI is InChI=1S/C20H18ClFN6O/c1-10(16-5-4-11(22)8-24-16)27(2)20(29)12-6-13-17(7-15(12)21)26-19(23)14-9-25-28(3)18(13)14/h4-10H,1-3H3,(H2,23,26)/t10-/m0/s1. The van der Waals surface area contributed by atoms with E-state index in [2.05, 4.69) is 15.1 Å². The van der Waals surface area contributed by atoms with Crippen LogP contribution in [0, 0.1) is 5.82 Å². The van der Waals surface area contributed by atoms with Crippen LogP contribution in [0.15, 0.2) is 36.7 Å². The molecule has 0 aliphatic rings. The Morgan fingerprint density at radius 2 is 2.03 bits per heavy atom. The van der Waals surface area contributed by atoms with Crippen molar-refractivity contribution in [2.75, 3.05) is 12.8 Å². The number of nitrogens with zero attached hydrogens (tertiary/aromatic N) is 5. The van der Waals surface area contributed by atoms with Gasteiger partial charge in [-0.1, -0.05) is 11.6 Å². The minimum Gasteiger partial charge on any atom is -0.383 e. The summed E-state index contributed by atoms with van der Waals surface area (Å²) in [7, 11) is 3.45. The maximum Gasteiger partial charge on any atom is 0.255 e. The second-order valence-corrected chi connectivity index (χ2v) is 7.28. The van der Waals surface area contributed by atoms with Crippen LogP contribution < -0.4 is 5.73 Å². The molecule has 4 aromatic rings. The number of hydrogen-bond donors (Lipinski definition) is 1. The lowest BCUT2D eigenvalue weighted by Crippen LogP contribution is -2.30. The summed E-state index contributed by atoms with van der Waals surface area (Å²) in [5.74, 6) is -0.369. The molecule has 9 heteroatoms. The minimum absolute atomic E-state index is 0.266. The van der Waals surface area contributed by atoms with Gasteiger partial charge in [0, 0.05) is 19.5 Å². The number of amides is 1. The molecule has 3 heterocycles. The number of benzene rings is 1. The van der Waals surface area contributed by atoms with Crippen LogP contribution in [0.5, 0.6) is 0 Å². The molecule has 4 rings (SSSR count). The van der Waals surface area contributed by atoms with Crippen LogP contribution in [-0.4, -0.2) is 37.6 Å². The third kappa shape index (κ3) is 3.15. The van der Waals surface area contributed by atoms with Gasteiger partial charge >= 0.3 is 0 Å². The average Bonchev–Trinajstić information content (AvgIpc) is 3.09. The van der Waals surface area contributed by atoms with Crippen LogP contribution in [0.2, 0.25) is 5.02 Å². The first-order valence-electron chi connectivity index (χ1n) is 8.87. The van der Waals surface area contributed by atoms with Crippen molar-refractivity contribution < 1.29 is 9.18 Å². The zero-order chi connectivity index (χ0) is 20.9. The average molecular weight is 413 g/mol.